The molecule has 0 unspecified atom stereocenters. The van der Waals surface area contributed by atoms with Crippen molar-refractivity contribution in [1.29, 1.82) is 0 Å². The van der Waals surface area contributed by atoms with Crippen molar-refractivity contribution in [1.82, 2.24) is 10.2 Å². The molecule has 0 radical (unpaired) electrons. The van der Waals surface area contributed by atoms with Gasteiger partial charge in [-0.25, -0.2) is 0 Å². The lowest BCUT2D eigenvalue weighted by Gasteiger charge is -2.32. The fourth-order valence-electron chi connectivity index (χ4n) is 2.59. The molecule has 0 spiro atoms. The van der Waals surface area contributed by atoms with Crippen LogP contribution in [0.1, 0.15) is 42.4 Å². The van der Waals surface area contributed by atoms with Gasteiger partial charge in [0.1, 0.15) is 0 Å². The topological polar surface area (TPSA) is 15.3 Å². The molecule has 1 aliphatic rings. The molecule has 0 amide bonds. The van der Waals surface area contributed by atoms with E-state index in [-0.39, 0.29) is 0 Å². The predicted molar refractivity (Wildman–Crippen MR) is 88.0 cm³/mol. The Morgan fingerprint density at radius 1 is 1.42 bits per heavy atom. The molecule has 2 rings (SSSR count). The second-order valence-electron chi connectivity index (χ2n) is 5.47. The van der Waals surface area contributed by atoms with E-state index in [1.165, 1.54) is 59.5 Å². The van der Waals surface area contributed by atoms with Crippen molar-refractivity contribution in [3.05, 3.63) is 20.3 Å². The van der Waals surface area contributed by atoms with E-state index in [1.807, 2.05) is 11.3 Å². The van der Waals surface area contributed by atoms with Crippen LogP contribution in [-0.2, 0) is 6.54 Å². The number of hydrogen-bond acceptors (Lipinski definition) is 3. The minimum atomic E-state index is 0.707. The number of rotatable bonds is 6. The molecule has 0 aromatic carbocycles. The van der Waals surface area contributed by atoms with Crippen LogP contribution in [0.2, 0.25) is 0 Å². The van der Waals surface area contributed by atoms with Crippen molar-refractivity contribution in [3.8, 4) is 0 Å². The molecule has 108 valence electrons. The van der Waals surface area contributed by atoms with E-state index in [9.17, 15) is 0 Å². The van der Waals surface area contributed by atoms with Crippen LogP contribution in [0, 0.1) is 6.92 Å². The standard InChI is InChI=1S/C15H25BrN2S/c1-3-4-7-18-8-5-13(6-9-18)17-11-14-10-15(16)12(2)19-14/h10,13,17H,3-9,11H2,1-2H3. The lowest BCUT2D eigenvalue weighted by Crippen LogP contribution is -2.42. The molecule has 4 heteroatoms. The number of thiophene rings is 1. The van der Waals surface area contributed by atoms with Gasteiger partial charge in [-0.05, 0) is 67.8 Å². The first kappa shape index (κ1) is 15.5. The molecular formula is C15H25BrN2S. The second kappa shape index (κ2) is 7.77. The maximum absolute atomic E-state index is 3.72. The van der Waals surface area contributed by atoms with Crippen LogP contribution in [0.15, 0.2) is 10.5 Å². The van der Waals surface area contributed by atoms with Gasteiger partial charge in [-0.2, -0.15) is 0 Å². The molecule has 19 heavy (non-hydrogen) atoms. The first-order valence-electron chi connectivity index (χ1n) is 7.39. The highest BCUT2D eigenvalue weighted by molar-refractivity contribution is 9.10. The molecule has 1 aliphatic heterocycles. The van der Waals surface area contributed by atoms with E-state index < -0.39 is 0 Å². The number of halogens is 1. The second-order valence-corrected chi connectivity index (χ2v) is 7.66. The Labute approximate surface area is 129 Å². The fraction of sp³-hybridized carbons (Fsp3) is 0.733. The lowest BCUT2D eigenvalue weighted by atomic mass is 10.0. The van der Waals surface area contributed by atoms with Gasteiger partial charge in [-0.3, -0.25) is 0 Å². The van der Waals surface area contributed by atoms with Gasteiger partial charge < -0.3 is 10.2 Å². The summed E-state index contributed by atoms with van der Waals surface area (Å²) in [6.45, 7) is 9.30. The van der Waals surface area contributed by atoms with Gasteiger partial charge in [0.05, 0.1) is 0 Å². The molecule has 2 heterocycles. The number of aryl methyl sites for hydroxylation is 1. The maximum Gasteiger partial charge on any atom is 0.0314 e. The molecule has 1 N–H and O–H groups in total. The molecule has 0 aliphatic carbocycles. The normalized spacial score (nSPS) is 18.1. The summed E-state index contributed by atoms with van der Waals surface area (Å²) < 4.78 is 1.25. The third-order valence-electron chi connectivity index (χ3n) is 3.89. The summed E-state index contributed by atoms with van der Waals surface area (Å²) in [5.74, 6) is 0. The van der Waals surface area contributed by atoms with E-state index in [4.69, 9.17) is 0 Å². The molecule has 1 aromatic rings. The summed E-state index contributed by atoms with van der Waals surface area (Å²) in [7, 11) is 0. The third-order valence-corrected chi connectivity index (χ3v) is 6.03. The predicted octanol–water partition coefficient (Wildman–Crippen LogP) is 4.17. The van der Waals surface area contributed by atoms with Crippen LogP contribution in [0.5, 0.6) is 0 Å². The summed E-state index contributed by atoms with van der Waals surface area (Å²) >= 11 is 5.48. The van der Waals surface area contributed by atoms with Crippen molar-refractivity contribution < 1.29 is 0 Å². The Morgan fingerprint density at radius 2 is 2.16 bits per heavy atom. The van der Waals surface area contributed by atoms with Gasteiger partial charge in [0.25, 0.3) is 0 Å². The average molecular weight is 345 g/mol. The van der Waals surface area contributed by atoms with Gasteiger partial charge in [0.15, 0.2) is 0 Å². The van der Waals surface area contributed by atoms with Crippen LogP contribution in [0.4, 0.5) is 0 Å². The monoisotopic (exact) mass is 344 g/mol. The zero-order chi connectivity index (χ0) is 13.7. The molecule has 0 atom stereocenters. The molecule has 1 fully saturated rings. The van der Waals surface area contributed by atoms with Crippen molar-refractivity contribution in [2.45, 2.75) is 52.1 Å². The highest BCUT2D eigenvalue weighted by atomic mass is 79.9. The lowest BCUT2D eigenvalue weighted by molar-refractivity contribution is 0.195. The van der Waals surface area contributed by atoms with E-state index in [1.54, 1.807) is 0 Å². The molecule has 1 saturated heterocycles. The number of nitrogens with zero attached hydrogens (tertiary/aromatic N) is 1. The Balaban J connectivity index is 1.68. The van der Waals surface area contributed by atoms with Crippen LogP contribution < -0.4 is 5.32 Å². The Kier molecular flexibility index (Phi) is 6.33. The number of likely N-dealkylation sites (tertiary alicyclic amines) is 1. The number of nitrogens with one attached hydrogen (secondary N) is 1. The highest BCUT2D eigenvalue weighted by Gasteiger charge is 2.18. The largest absolute Gasteiger partial charge is 0.309 e. The van der Waals surface area contributed by atoms with Crippen LogP contribution >= 0.6 is 27.3 Å². The number of unbranched alkanes of at least 4 members (excludes halogenated alkanes) is 1. The van der Waals surface area contributed by atoms with E-state index in [0.717, 1.165) is 6.54 Å². The van der Waals surface area contributed by atoms with Crippen LogP contribution in [0.3, 0.4) is 0 Å². The van der Waals surface area contributed by atoms with Gasteiger partial charge in [0.2, 0.25) is 0 Å². The SMILES string of the molecule is CCCCN1CCC(NCc2cc(Br)c(C)s2)CC1. The fourth-order valence-corrected chi connectivity index (χ4v) is 4.14. The smallest absolute Gasteiger partial charge is 0.0314 e. The van der Waals surface area contributed by atoms with Crippen molar-refractivity contribution in [3.63, 3.8) is 0 Å². The van der Waals surface area contributed by atoms with Gasteiger partial charge in [0, 0.05) is 26.8 Å². The van der Waals surface area contributed by atoms with Crippen LogP contribution in [-0.4, -0.2) is 30.6 Å². The summed E-state index contributed by atoms with van der Waals surface area (Å²) in [6.07, 6.45) is 5.26. The summed E-state index contributed by atoms with van der Waals surface area (Å²) in [6, 6.07) is 2.96. The highest BCUT2D eigenvalue weighted by Crippen LogP contribution is 2.26. The van der Waals surface area contributed by atoms with E-state index in [0.29, 0.717) is 6.04 Å². The quantitative estimate of drug-likeness (QED) is 0.832. The number of hydrogen-bond donors (Lipinski definition) is 1. The molecule has 1 aromatic heterocycles. The molecular weight excluding hydrogens is 320 g/mol. The van der Waals surface area contributed by atoms with Crippen molar-refractivity contribution in [2.75, 3.05) is 19.6 Å². The zero-order valence-corrected chi connectivity index (χ0v) is 14.4. The molecule has 2 nitrogen and oxygen atoms in total. The van der Waals surface area contributed by atoms with Gasteiger partial charge in [-0.1, -0.05) is 13.3 Å². The Bertz CT molecular complexity index is 364. The summed E-state index contributed by atoms with van der Waals surface area (Å²) in [5, 5.41) is 3.72. The Hall–Kier alpha value is 0.1000. The Morgan fingerprint density at radius 3 is 2.74 bits per heavy atom. The molecule has 0 saturated carbocycles. The summed E-state index contributed by atoms with van der Waals surface area (Å²) in [4.78, 5) is 5.44. The number of piperidine rings is 1. The maximum atomic E-state index is 3.72. The average Bonchev–Trinajstić information content (AvgIpc) is 2.74. The van der Waals surface area contributed by atoms with Gasteiger partial charge >= 0.3 is 0 Å². The van der Waals surface area contributed by atoms with Gasteiger partial charge in [-0.15, -0.1) is 11.3 Å². The zero-order valence-electron chi connectivity index (χ0n) is 12.0. The van der Waals surface area contributed by atoms with Crippen molar-refractivity contribution >= 4 is 27.3 Å². The first-order valence-corrected chi connectivity index (χ1v) is 9.00. The first-order chi connectivity index (χ1) is 9.19. The molecule has 0 bridgehead atoms. The van der Waals surface area contributed by atoms with E-state index >= 15 is 0 Å². The van der Waals surface area contributed by atoms with E-state index in [2.05, 4.69) is 46.1 Å². The minimum absolute atomic E-state index is 0.707. The third kappa shape index (κ3) is 4.85. The van der Waals surface area contributed by atoms with Crippen molar-refractivity contribution in [2.24, 2.45) is 0 Å². The summed E-state index contributed by atoms with van der Waals surface area (Å²) in [5.41, 5.74) is 0. The minimum Gasteiger partial charge on any atom is -0.309 e. The van der Waals surface area contributed by atoms with Crippen LogP contribution in [0.25, 0.3) is 0 Å².